The Labute approximate surface area is 103 Å². The molecule has 1 amide bonds. The lowest BCUT2D eigenvalue weighted by molar-refractivity contribution is -0.119. The molecule has 1 unspecified atom stereocenters. The van der Waals surface area contributed by atoms with Crippen LogP contribution < -0.4 is 5.32 Å². The third-order valence-corrected chi connectivity index (χ3v) is 3.18. The minimum atomic E-state index is 0.0656. The summed E-state index contributed by atoms with van der Waals surface area (Å²) in [4.78, 5) is 11.2. The topological polar surface area (TPSA) is 29.1 Å². The highest BCUT2D eigenvalue weighted by Crippen LogP contribution is 2.22. The Morgan fingerprint density at radius 1 is 1.35 bits per heavy atom. The second-order valence-electron chi connectivity index (χ2n) is 4.63. The van der Waals surface area contributed by atoms with E-state index in [4.69, 9.17) is 0 Å². The number of benzene rings is 1. The molecule has 2 heteroatoms. The molecule has 0 spiro atoms. The second kappa shape index (κ2) is 5.67. The van der Waals surface area contributed by atoms with E-state index in [1.165, 1.54) is 17.6 Å². The van der Waals surface area contributed by atoms with Gasteiger partial charge >= 0.3 is 0 Å². The van der Waals surface area contributed by atoms with Gasteiger partial charge in [0, 0.05) is 6.92 Å². The van der Waals surface area contributed by atoms with Gasteiger partial charge in [0.2, 0.25) is 5.91 Å². The molecule has 0 aromatic heterocycles. The maximum Gasteiger partial charge on any atom is 0.217 e. The van der Waals surface area contributed by atoms with Gasteiger partial charge in [-0.15, -0.1) is 0 Å². The maximum absolute atomic E-state index is 11.2. The fraction of sp³-hybridized carbons (Fsp3) is 0.400. The molecule has 1 aromatic carbocycles. The van der Waals surface area contributed by atoms with Gasteiger partial charge < -0.3 is 5.32 Å². The van der Waals surface area contributed by atoms with Crippen molar-refractivity contribution in [1.29, 1.82) is 0 Å². The highest BCUT2D eigenvalue weighted by atomic mass is 16.1. The van der Waals surface area contributed by atoms with Crippen LogP contribution in [-0.4, -0.2) is 11.9 Å². The van der Waals surface area contributed by atoms with Gasteiger partial charge in [0.05, 0.1) is 6.04 Å². The zero-order valence-electron chi connectivity index (χ0n) is 10.3. The van der Waals surface area contributed by atoms with Crippen LogP contribution in [0.2, 0.25) is 0 Å². The second-order valence-corrected chi connectivity index (χ2v) is 4.63. The van der Waals surface area contributed by atoms with Crippen molar-refractivity contribution in [2.24, 2.45) is 0 Å². The summed E-state index contributed by atoms with van der Waals surface area (Å²) in [7, 11) is 0. The van der Waals surface area contributed by atoms with Gasteiger partial charge in [-0.05, 0) is 36.8 Å². The Morgan fingerprint density at radius 2 is 2.12 bits per heavy atom. The number of allylic oxidation sites excluding steroid dienone is 1. The summed E-state index contributed by atoms with van der Waals surface area (Å²) in [5.41, 5.74) is 2.67. The Bertz CT molecular complexity index is 408. The third-order valence-electron chi connectivity index (χ3n) is 3.18. The average Bonchev–Trinajstić information content (AvgIpc) is 2.32. The van der Waals surface area contributed by atoms with Crippen molar-refractivity contribution in [3.63, 3.8) is 0 Å². The smallest absolute Gasteiger partial charge is 0.217 e. The van der Waals surface area contributed by atoms with Crippen LogP contribution in [-0.2, 0) is 11.2 Å². The van der Waals surface area contributed by atoms with Crippen molar-refractivity contribution in [3.8, 4) is 0 Å². The van der Waals surface area contributed by atoms with Crippen LogP contribution in [0.1, 0.15) is 31.7 Å². The minimum absolute atomic E-state index is 0.0656. The van der Waals surface area contributed by atoms with E-state index in [9.17, 15) is 4.79 Å². The summed E-state index contributed by atoms with van der Waals surface area (Å²) in [5.74, 6) is 0.0656. The Kier molecular flexibility index (Phi) is 3.97. The first-order chi connectivity index (χ1) is 8.25. The molecule has 0 saturated carbocycles. The van der Waals surface area contributed by atoms with Crippen molar-refractivity contribution in [2.75, 3.05) is 0 Å². The van der Waals surface area contributed by atoms with Crippen LogP contribution in [0.3, 0.4) is 0 Å². The van der Waals surface area contributed by atoms with Gasteiger partial charge in [-0.25, -0.2) is 0 Å². The number of rotatable bonds is 3. The normalized spacial score (nSPS) is 19.6. The fourth-order valence-electron chi connectivity index (χ4n) is 2.37. The van der Waals surface area contributed by atoms with Gasteiger partial charge in [0.25, 0.3) is 0 Å². The summed E-state index contributed by atoms with van der Waals surface area (Å²) in [6, 6.07) is 10.7. The fourth-order valence-corrected chi connectivity index (χ4v) is 2.37. The van der Waals surface area contributed by atoms with E-state index in [-0.39, 0.29) is 11.9 Å². The van der Waals surface area contributed by atoms with Gasteiger partial charge in [-0.2, -0.15) is 0 Å². The van der Waals surface area contributed by atoms with Crippen molar-refractivity contribution < 1.29 is 4.79 Å². The van der Waals surface area contributed by atoms with E-state index in [1.54, 1.807) is 6.92 Å². The zero-order valence-corrected chi connectivity index (χ0v) is 10.3. The van der Waals surface area contributed by atoms with Crippen LogP contribution in [0.25, 0.3) is 0 Å². The Morgan fingerprint density at radius 3 is 2.82 bits per heavy atom. The molecule has 1 N–H and O–H groups in total. The van der Waals surface area contributed by atoms with E-state index >= 15 is 0 Å². The predicted octanol–water partition coefficient (Wildman–Crippen LogP) is 2.84. The first kappa shape index (κ1) is 11.9. The summed E-state index contributed by atoms with van der Waals surface area (Å²) in [5, 5.41) is 3.04. The van der Waals surface area contributed by atoms with Gasteiger partial charge in [-0.1, -0.05) is 36.4 Å². The highest BCUT2D eigenvalue weighted by molar-refractivity contribution is 5.73. The van der Waals surface area contributed by atoms with Crippen LogP contribution >= 0.6 is 0 Å². The van der Waals surface area contributed by atoms with Gasteiger partial charge in [0.15, 0.2) is 0 Å². The molecule has 17 heavy (non-hydrogen) atoms. The summed E-state index contributed by atoms with van der Waals surface area (Å²) in [6.07, 6.45) is 6.61. The first-order valence-corrected chi connectivity index (χ1v) is 6.25. The Hall–Kier alpha value is -1.57. The maximum atomic E-state index is 11.2. The van der Waals surface area contributed by atoms with Crippen LogP contribution in [0.15, 0.2) is 42.0 Å². The minimum Gasteiger partial charge on any atom is -0.350 e. The molecule has 0 aliphatic heterocycles. The molecular formula is C15H19NO. The lowest BCUT2D eigenvalue weighted by Crippen LogP contribution is -2.36. The van der Waals surface area contributed by atoms with Gasteiger partial charge in [-0.3, -0.25) is 4.79 Å². The number of amides is 1. The van der Waals surface area contributed by atoms with E-state index in [2.05, 4.69) is 35.7 Å². The SMILES string of the molecule is CC(=O)NC1CCCC=C1Cc1ccccc1. The van der Waals surface area contributed by atoms with Crippen molar-refractivity contribution in [1.82, 2.24) is 5.32 Å². The molecule has 2 nitrogen and oxygen atoms in total. The number of carbonyl (C=O) groups is 1. The molecule has 90 valence electrons. The highest BCUT2D eigenvalue weighted by Gasteiger charge is 2.18. The largest absolute Gasteiger partial charge is 0.350 e. The van der Waals surface area contributed by atoms with E-state index < -0.39 is 0 Å². The zero-order chi connectivity index (χ0) is 12.1. The van der Waals surface area contributed by atoms with E-state index in [0.29, 0.717) is 0 Å². The lowest BCUT2D eigenvalue weighted by atomic mass is 9.89. The molecule has 0 fully saturated rings. The number of hydrogen-bond donors (Lipinski definition) is 1. The van der Waals surface area contributed by atoms with Gasteiger partial charge in [0.1, 0.15) is 0 Å². The molecule has 0 saturated heterocycles. The molecule has 0 bridgehead atoms. The average molecular weight is 229 g/mol. The van der Waals surface area contributed by atoms with E-state index in [1.807, 2.05) is 6.07 Å². The number of carbonyl (C=O) groups excluding carboxylic acids is 1. The molecular weight excluding hydrogens is 210 g/mol. The molecule has 0 radical (unpaired) electrons. The van der Waals surface area contributed by atoms with Crippen LogP contribution in [0.4, 0.5) is 0 Å². The van der Waals surface area contributed by atoms with Crippen molar-refractivity contribution in [3.05, 3.63) is 47.5 Å². The molecule has 1 aliphatic rings. The van der Waals surface area contributed by atoms with Crippen LogP contribution in [0.5, 0.6) is 0 Å². The third kappa shape index (κ3) is 3.45. The molecule has 0 heterocycles. The Balaban J connectivity index is 2.07. The van der Waals surface area contributed by atoms with Crippen molar-refractivity contribution >= 4 is 5.91 Å². The summed E-state index contributed by atoms with van der Waals surface area (Å²) in [6.45, 7) is 1.59. The number of hydrogen-bond acceptors (Lipinski definition) is 1. The molecule has 1 atom stereocenters. The molecule has 1 aliphatic carbocycles. The van der Waals surface area contributed by atoms with Crippen molar-refractivity contribution in [2.45, 2.75) is 38.6 Å². The van der Waals surface area contributed by atoms with Crippen LogP contribution in [0, 0.1) is 0 Å². The number of nitrogens with one attached hydrogen (secondary N) is 1. The predicted molar refractivity (Wildman–Crippen MR) is 69.7 cm³/mol. The van der Waals surface area contributed by atoms with E-state index in [0.717, 1.165) is 19.3 Å². The lowest BCUT2D eigenvalue weighted by Gasteiger charge is -2.25. The summed E-state index contributed by atoms with van der Waals surface area (Å²) >= 11 is 0. The monoisotopic (exact) mass is 229 g/mol. The first-order valence-electron chi connectivity index (χ1n) is 6.25. The quantitative estimate of drug-likeness (QED) is 0.793. The molecule has 2 rings (SSSR count). The standard InChI is InChI=1S/C15H19NO/c1-12(17)16-15-10-6-5-9-14(15)11-13-7-3-2-4-8-13/h2-4,7-9,15H,5-6,10-11H2,1H3,(H,16,17). The molecule has 1 aromatic rings. The summed E-state index contributed by atoms with van der Waals surface area (Å²) < 4.78 is 0.